The molecule has 0 atom stereocenters. The number of terminal acetylenes is 1. The number of H-pyrrole nitrogens is 1. The predicted octanol–water partition coefficient (Wildman–Crippen LogP) is 4.14. The molecule has 1 N–H and O–H groups in total. The fourth-order valence-corrected chi connectivity index (χ4v) is 2.70. The Bertz CT molecular complexity index is 827. The lowest BCUT2D eigenvalue weighted by Gasteiger charge is -2.04. The van der Waals surface area contributed by atoms with Crippen molar-refractivity contribution in [1.29, 1.82) is 0 Å². The highest BCUT2D eigenvalue weighted by Crippen LogP contribution is 2.30. The van der Waals surface area contributed by atoms with Gasteiger partial charge < -0.3 is 4.98 Å². The Kier molecular flexibility index (Phi) is 2.84. The number of aromatic amines is 1. The summed E-state index contributed by atoms with van der Waals surface area (Å²) in [6.07, 6.45) is 5.46. The van der Waals surface area contributed by atoms with Crippen molar-refractivity contribution in [3.63, 3.8) is 0 Å². The van der Waals surface area contributed by atoms with E-state index >= 15 is 0 Å². The molecule has 20 heavy (non-hydrogen) atoms. The zero-order chi connectivity index (χ0) is 14.3. The number of pyridine rings is 1. The van der Waals surface area contributed by atoms with Crippen molar-refractivity contribution in [3.8, 4) is 23.6 Å². The fraction of sp³-hybridized carbons (Fsp3) is 0.167. The van der Waals surface area contributed by atoms with E-state index in [0.29, 0.717) is 0 Å². The molecule has 0 aliphatic rings. The molecule has 0 aliphatic carbocycles. The first-order valence-electron chi connectivity index (χ1n) is 6.63. The van der Waals surface area contributed by atoms with Crippen LogP contribution in [0, 0.1) is 33.1 Å². The van der Waals surface area contributed by atoms with Gasteiger partial charge in [-0.05, 0) is 50.6 Å². The third kappa shape index (κ3) is 1.98. The minimum Gasteiger partial charge on any atom is -0.354 e. The first-order chi connectivity index (χ1) is 9.58. The Morgan fingerprint density at radius 1 is 1.05 bits per heavy atom. The number of hydrogen-bond donors (Lipinski definition) is 1. The van der Waals surface area contributed by atoms with Crippen molar-refractivity contribution in [2.75, 3.05) is 0 Å². The summed E-state index contributed by atoms with van der Waals surface area (Å²) < 4.78 is 0. The zero-order valence-electron chi connectivity index (χ0n) is 11.9. The van der Waals surface area contributed by atoms with E-state index in [9.17, 15) is 0 Å². The minimum atomic E-state index is 0.896. The first kappa shape index (κ1) is 12.5. The maximum absolute atomic E-state index is 5.46. The lowest BCUT2D eigenvalue weighted by Crippen LogP contribution is -1.89. The average molecular weight is 260 g/mol. The fourth-order valence-electron chi connectivity index (χ4n) is 2.70. The lowest BCUT2D eigenvalue weighted by atomic mass is 10.1. The van der Waals surface area contributed by atoms with Gasteiger partial charge in [0, 0.05) is 39.1 Å². The van der Waals surface area contributed by atoms with Gasteiger partial charge in [0.2, 0.25) is 0 Å². The second-order valence-corrected chi connectivity index (χ2v) is 5.17. The van der Waals surface area contributed by atoms with Crippen LogP contribution in [0.5, 0.6) is 0 Å². The Balaban J connectivity index is 2.26. The van der Waals surface area contributed by atoms with Crippen LogP contribution in [0.15, 0.2) is 30.3 Å². The van der Waals surface area contributed by atoms with E-state index in [-0.39, 0.29) is 0 Å². The van der Waals surface area contributed by atoms with E-state index < -0.39 is 0 Å². The minimum absolute atomic E-state index is 0.896. The van der Waals surface area contributed by atoms with E-state index in [1.807, 2.05) is 26.0 Å². The molecule has 2 nitrogen and oxygen atoms in total. The molecule has 0 amide bonds. The van der Waals surface area contributed by atoms with Crippen LogP contribution >= 0.6 is 0 Å². The number of nitrogens with one attached hydrogen (secondary N) is 1. The number of fused-ring (bicyclic) bond motifs is 1. The van der Waals surface area contributed by atoms with E-state index in [2.05, 4.69) is 41.0 Å². The quantitative estimate of drug-likeness (QED) is 0.655. The van der Waals surface area contributed by atoms with Crippen LogP contribution in [0.25, 0.3) is 22.2 Å². The monoisotopic (exact) mass is 260 g/mol. The van der Waals surface area contributed by atoms with Gasteiger partial charge in [-0.15, -0.1) is 6.42 Å². The molecular weight excluding hydrogens is 244 g/mol. The maximum atomic E-state index is 5.46. The number of hydrogen-bond acceptors (Lipinski definition) is 1. The molecule has 0 unspecified atom stereocenters. The summed E-state index contributed by atoms with van der Waals surface area (Å²) in [5.74, 6) is 2.68. The number of nitrogens with zero attached hydrogens (tertiary/aromatic N) is 1. The van der Waals surface area contributed by atoms with E-state index in [0.717, 1.165) is 28.2 Å². The molecule has 0 saturated heterocycles. The van der Waals surface area contributed by atoms with Crippen LogP contribution in [0.2, 0.25) is 0 Å². The molecule has 0 aliphatic heterocycles. The smallest absolute Gasteiger partial charge is 0.0495 e. The molecule has 0 spiro atoms. The molecule has 2 heteroatoms. The Hall–Kier alpha value is -2.53. The van der Waals surface area contributed by atoms with Gasteiger partial charge in [-0.2, -0.15) is 0 Å². The summed E-state index contributed by atoms with van der Waals surface area (Å²) in [5, 5.41) is 1.21. The number of benzene rings is 1. The second-order valence-electron chi connectivity index (χ2n) is 5.17. The van der Waals surface area contributed by atoms with Crippen LogP contribution in [0.3, 0.4) is 0 Å². The Morgan fingerprint density at radius 2 is 1.75 bits per heavy atom. The summed E-state index contributed by atoms with van der Waals surface area (Å²) in [4.78, 5) is 7.92. The summed E-state index contributed by atoms with van der Waals surface area (Å²) in [6.45, 7) is 6.17. The van der Waals surface area contributed by atoms with Crippen molar-refractivity contribution < 1.29 is 0 Å². The number of rotatable bonds is 1. The van der Waals surface area contributed by atoms with Gasteiger partial charge in [-0.25, -0.2) is 0 Å². The number of aryl methyl sites for hydroxylation is 3. The number of aromatic nitrogens is 2. The Morgan fingerprint density at radius 3 is 2.40 bits per heavy atom. The molecule has 3 rings (SSSR count). The van der Waals surface area contributed by atoms with Crippen LogP contribution < -0.4 is 0 Å². The maximum Gasteiger partial charge on any atom is 0.0495 e. The van der Waals surface area contributed by atoms with Crippen molar-refractivity contribution in [2.45, 2.75) is 20.8 Å². The summed E-state index contributed by atoms with van der Waals surface area (Å²) in [6, 6.07) is 10.3. The molecular formula is C18H16N2. The van der Waals surface area contributed by atoms with Crippen molar-refractivity contribution in [1.82, 2.24) is 9.97 Å². The highest BCUT2D eigenvalue weighted by Gasteiger charge is 2.10. The van der Waals surface area contributed by atoms with Crippen LogP contribution in [0.1, 0.15) is 22.5 Å². The van der Waals surface area contributed by atoms with Crippen molar-refractivity contribution in [3.05, 3.63) is 52.8 Å². The lowest BCUT2D eigenvalue weighted by molar-refractivity contribution is 1.12. The zero-order valence-corrected chi connectivity index (χ0v) is 11.9. The highest BCUT2D eigenvalue weighted by molar-refractivity contribution is 5.91. The van der Waals surface area contributed by atoms with Crippen molar-refractivity contribution >= 4 is 10.9 Å². The van der Waals surface area contributed by atoms with Crippen LogP contribution in [-0.2, 0) is 0 Å². The summed E-state index contributed by atoms with van der Waals surface area (Å²) in [7, 11) is 0. The van der Waals surface area contributed by atoms with E-state index in [1.165, 1.54) is 16.5 Å². The molecule has 1 aromatic carbocycles. The second kappa shape index (κ2) is 4.54. The van der Waals surface area contributed by atoms with Crippen LogP contribution in [0.4, 0.5) is 0 Å². The van der Waals surface area contributed by atoms with E-state index in [1.54, 1.807) is 0 Å². The summed E-state index contributed by atoms with van der Waals surface area (Å²) in [5.41, 5.74) is 7.60. The largest absolute Gasteiger partial charge is 0.354 e. The van der Waals surface area contributed by atoms with Crippen LogP contribution in [-0.4, -0.2) is 9.97 Å². The van der Waals surface area contributed by atoms with E-state index in [4.69, 9.17) is 6.42 Å². The van der Waals surface area contributed by atoms with Gasteiger partial charge in [0.15, 0.2) is 0 Å². The SMILES string of the molecule is C#Cc1ccc2c(C)c(-c3cc(C)nc(C)c3)[nH]c2c1. The molecule has 3 aromatic rings. The standard InChI is InChI=1S/C18H16N2/c1-5-14-6-7-16-13(4)18(20-17(16)10-14)15-8-11(2)19-12(3)9-15/h1,6-10,20H,2-4H3. The Labute approximate surface area is 118 Å². The third-order valence-corrected chi connectivity index (χ3v) is 3.60. The van der Waals surface area contributed by atoms with Gasteiger partial charge in [-0.3, -0.25) is 4.98 Å². The topological polar surface area (TPSA) is 28.7 Å². The van der Waals surface area contributed by atoms with Gasteiger partial charge in [-0.1, -0.05) is 12.0 Å². The van der Waals surface area contributed by atoms with Gasteiger partial charge in [0.25, 0.3) is 0 Å². The van der Waals surface area contributed by atoms with Crippen molar-refractivity contribution in [2.24, 2.45) is 0 Å². The summed E-state index contributed by atoms with van der Waals surface area (Å²) >= 11 is 0. The van der Waals surface area contributed by atoms with Gasteiger partial charge in [0.05, 0.1) is 0 Å². The normalized spacial score (nSPS) is 10.7. The molecule has 0 fully saturated rings. The third-order valence-electron chi connectivity index (χ3n) is 3.60. The predicted molar refractivity (Wildman–Crippen MR) is 83.7 cm³/mol. The molecule has 98 valence electrons. The molecule has 0 bridgehead atoms. The van der Waals surface area contributed by atoms with Gasteiger partial charge in [0.1, 0.15) is 0 Å². The highest BCUT2D eigenvalue weighted by atomic mass is 14.7. The van der Waals surface area contributed by atoms with Gasteiger partial charge >= 0.3 is 0 Å². The first-order valence-corrected chi connectivity index (χ1v) is 6.63. The molecule has 0 radical (unpaired) electrons. The molecule has 2 heterocycles. The average Bonchev–Trinajstić information content (AvgIpc) is 2.74. The molecule has 0 saturated carbocycles. The molecule has 2 aromatic heterocycles.